The van der Waals surface area contributed by atoms with Crippen LogP contribution in [0.4, 0.5) is 0 Å². The zero-order valence-corrected chi connectivity index (χ0v) is 11.1. The van der Waals surface area contributed by atoms with E-state index in [2.05, 4.69) is 38.2 Å². The van der Waals surface area contributed by atoms with Crippen LogP contribution < -0.4 is 5.32 Å². The van der Waals surface area contributed by atoms with Crippen molar-refractivity contribution >= 4 is 11.8 Å². The number of hydrogen-bond donors (Lipinski definition) is 1. The van der Waals surface area contributed by atoms with Crippen LogP contribution in [0.1, 0.15) is 31.9 Å². The number of benzene rings is 1. The monoisotopic (exact) mass is 234 g/mol. The molecule has 0 aliphatic heterocycles. The minimum atomic E-state index is 0.135. The predicted molar refractivity (Wildman–Crippen MR) is 69.5 cm³/mol. The molecule has 2 nitrogen and oxygen atoms in total. The van der Waals surface area contributed by atoms with Gasteiger partial charge in [-0.2, -0.15) is 5.26 Å². The molecular weight excluding hydrogens is 216 g/mol. The molecule has 1 rings (SSSR count). The Morgan fingerprint density at radius 3 is 2.56 bits per heavy atom. The van der Waals surface area contributed by atoms with Crippen molar-refractivity contribution in [3.8, 4) is 6.07 Å². The third kappa shape index (κ3) is 3.88. The second-order valence-electron chi connectivity index (χ2n) is 4.69. The van der Waals surface area contributed by atoms with Crippen LogP contribution in [0.3, 0.4) is 0 Å². The maximum atomic E-state index is 9.12. The molecule has 86 valence electrons. The van der Waals surface area contributed by atoms with Gasteiger partial charge in [0.05, 0.1) is 5.56 Å². The van der Waals surface area contributed by atoms with E-state index in [1.807, 2.05) is 19.2 Å². The van der Waals surface area contributed by atoms with E-state index >= 15 is 0 Å². The third-order valence-corrected chi connectivity index (χ3v) is 3.15. The molecular formula is C13H18N2S. The topological polar surface area (TPSA) is 35.8 Å². The van der Waals surface area contributed by atoms with E-state index in [-0.39, 0.29) is 4.75 Å². The fourth-order valence-corrected chi connectivity index (χ4v) is 2.41. The molecule has 0 aliphatic rings. The molecule has 1 aromatic carbocycles. The number of hydrogen-bond acceptors (Lipinski definition) is 3. The molecule has 0 spiro atoms. The van der Waals surface area contributed by atoms with Crippen molar-refractivity contribution in [1.29, 1.82) is 5.26 Å². The lowest BCUT2D eigenvalue weighted by atomic mass is 10.1. The summed E-state index contributed by atoms with van der Waals surface area (Å²) in [5.74, 6) is 0. The molecule has 1 N–H and O–H groups in total. The fraction of sp³-hybridized carbons (Fsp3) is 0.462. The van der Waals surface area contributed by atoms with Gasteiger partial charge in [-0.3, -0.25) is 0 Å². The summed E-state index contributed by atoms with van der Waals surface area (Å²) in [5, 5.41) is 12.2. The van der Waals surface area contributed by atoms with Crippen molar-refractivity contribution in [2.45, 2.75) is 37.0 Å². The van der Waals surface area contributed by atoms with Gasteiger partial charge < -0.3 is 5.32 Å². The molecule has 0 fully saturated rings. The molecule has 1 aromatic rings. The summed E-state index contributed by atoms with van der Waals surface area (Å²) < 4.78 is 0.135. The number of nitriles is 1. The van der Waals surface area contributed by atoms with Crippen molar-refractivity contribution < 1.29 is 0 Å². The SMILES string of the molecule is CNCc1ccc(SC(C)(C)C)c(C#N)c1. The van der Waals surface area contributed by atoms with Crippen molar-refractivity contribution in [2.24, 2.45) is 0 Å². The molecule has 0 atom stereocenters. The van der Waals surface area contributed by atoms with Gasteiger partial charge in [-0.25, -0.2) is 0 Å². The van der Waals surface area contributed by atoms with E-state index in [0.29, 0.717) is 0 Å². The summed E-state index contributed by atoms with van der Waals surface area (Å²) in [6.45, 7) is 7.26. The zero-order chi connectivity index (χ0) is 12.2. The molecule has 0 bridgehead atoms. The predicted octanol–water partition coefficient (Wildman–Crippen LogP) is 3.17. The van der Waals surface area contributed by atoms with Gasteiger partial charge >= 0.3 is 0 Å². The first kappa shape index (κ1) is 13.1. The third-order valence-electron chi connectivity index (χ3n) is 1.96. The first-order chi connectivity index (χ1) is 7.46. The Labute approximate surface area is 102 Å². The molecule has 16 heavy (non-hydrogen) atoms. The highest BCUT2D eigenvalue weighted by Crippen LogP contribution is 2.34. The van der Waals surface area contributed by atoms with Gasteiger partial charge in [-0.1, -0.05) is 26.8 Å². The lowest BCUT2D eigenvalue weighted by Gasteiger charge is -2.18. The van der Waals surface area contributed by atoms with Crippen molar-refractivity contribution in [1.82, 2.24) is 5.32 Å². The molecule has 0 aromatic heterocycles. The first-order valence-electron chi connectivity index (χ1n) is 5.33. The van der Waals surface area contributed by atoms with Gasteiger partial charge in [-0.15, -0.1) is 11.8 Å². The van der Waals surface area contributed by atoms with E-state index in [4.69, 9.17) is 5.26 Å². The van der Waals surface area contributed by atoms with Crippen LogP contribution in [0.2, 0.25) is 0 Å². The Balaban J connectivity index is 2.99. The van der Waals surface area contributed by atoms with Crippen molar-refractivity contribution in [2.75, 3.05) is 7.05 Å². The Morgan fingerprint density at radius 1 is 1.38 bits per heavy atom. The van der Waals surface area contributed by atoms with E-state index in [1.165, 1.54) is 0 Å². The molecule has 3 heteroatoms. The first-order valence-corrected chi connectivity index (χ1v) is 6.14. The average Bonchev–Trinajstić information content (AvgIpc) is 2.18. The highest BCUT2D eigenvalue weighted by atomic mass is 32.2. The van der Waals surface area contributed by atoms with Gasteiger partial charge in [0.15, 0.2) is 0 Å². The van der Waals surface area contributed by atoms with Gasteiger partial charge in [0, 0.05) is 16.2 Å². The molecule has 0 radical (unpaired) electrons. The minimum absolute atomic E-state index is 0.135. The Hall–Kier alpha value is -0.980. The number of rotatable bonds is 3. The highest BCUT2D eigenvalue weighted by molar-refractivity contribution is 8.00. The van der Waals surface area contributed by atoms with Crippen LogP contribution in [-0.4, -0.2) is 11.8 Å². The van der Waals surface area contributed by atoms with Crippen molar-refractivity contribution in [3.05, 3.63) is 29.3 Å². The van der Waals surface area contributed by atoms with Gasteiger partial charge in [0.2, 0.25) is 0 Å². The van der Waals surface area contributed by atoms with Crippen LogP contribution in [0.15, 0.2) is 23.1 Å². The number of thioether (sulfide) groups is 1. The molecule has 0 saturated carbocycles. The quantitative estimate of drug-likeness (QED) is 0.816. The Kier molecular flexibility index (Phi) is 4.40. The summed E-state index contributed by atoms with van der Waals surface area (Å²) in [7, 11) is 1.91. The summed E-state index contributed by atoms with van der Waals surface area (Å²) in [6, 6.07) is 8.35. The van der Waals surface area contributed by atoms with Crippen LogP contribution in [0, 0.1) is 11.3 Å². The lowest BCUT2D eigenvalue weighted by Crippen LogP contribution is -2.08. The Bertz CT molecular complexity index is 399. The standard InChI is InChI=1S/C13H18N2S/c1-13(2,3)16-12-6-5-10(9-15-4)7-11(12)8-14/h5-7,15H,9H2,1-4H3. The van der Waals surface area contributed by atoms with Crippen LogP contribution in [0.25, 0.3) is 0 Å². The van der Waals surface area contributed by atoms with E-state index < -0.39 is 0 Å². The van der Waals surface area contributed by atoms with Crippen LogP contribution in [-0.2, 0) is 6.54 Å². The maximum absolute atomic E-state index is 9.12. The number of nitrogens with one attached hydrogen (secondary N) is 1. The van der Waals surface area contributed by atoms with Gasteiger partial charge in [0.25, 0.3) is 0 Å². The van der Waals surface area contributed by atoms with Crippen LogP contribution in [0.5, 0.6) is 0 Å². The minimum Gasteiger partial charge on any atom is -0.316 e. The molecule has 0 amide bonds. The average molecular weight is 234 g/mol. The van der Waals surface area contributed by atoms with E-state index in [1.54, 1.807) is 11.8 Å². The lowest BCUT2D eigenvalue weighted by molar-refractivity contribution is 0.801. The molecule has 0 unspecified atom stereocenters. The summed E-state index contributed by atoms with van der Waals surface area (Å²) in [5.41, 5.74) is 1.92. The van der Waals surface area contributed by atoms with Crippen LogP contribution >= 0.6 is 11.8 Å². The smallest absolute Gasteiger partial charge is 0.100 e. The normalized spacial score (nSPS) is 11.2. The highest BCUT2D eigenvalue weighted by Gasteiger charge is 2.14. The Morgan fingerprint density at radius 2 is 2.06 bits per heavy atom. The second kappa shape index (κ2) is 5.38. The molecule has 0 aliphatic carbocycles. The second-order valence-corrected chi connectivity index (χ2v) is 6.56. The molecule has 0 saturated heterocycles. The van der Waals surface area contributed by atoms with E-state index in [9.17, 15) is 0 Å². The van der Waals surface area contributed by atoms with Gasteiger partial charge in [0.1, 0.15) is 6.07 Å². The summed E-state index contributed by atoms with van der Waals surface area (Å²) >= 11 is 1.74. The zero-order valence-electron chi connectivity index (χ0n) is 10.3. The summed E-state index contributed by atoms with van der Waals surface area (Å²) in [4.78, 5) is 1.06. The van der Waals surface area contributed by atoms with E-state index in [0.717, 1.165) is 22.6 Å². The number of nitrogens with zero attached hydrogens (tertiary/aromatic N) is 1. The fourth-order valence-electron chi connectivity index (χ4n) is 1.40. The summed E-state index contributed by atoms with van der Waals surface area (Å²) in [6.07, 6.45) is 0. The molecule has 0 heterocycles. The van der Waals surface area contributed by atoms with Crippen molar-refractivity contribution in [3.63, 3.8) is 0 Å². The largest absolute Gasteiger partial charge is 0.316 e. The van der Waals surface area contributed by atoms with Gasteiger partial charge in [-0.05, 0) is 24.7 Å². The maximum Gasteiger partial charge on any atom is 0.100 e.